The van der Waals surface area contributed by atoms with Crippen LogP contribution in [-0.4, -0.2) is 37.0 Å². The molecule has 1 aliphatic heterocycles. The van der Waals surface area contributed by atoms with Crippen LogP contribution in [0, 0.1) is 5.92 Å². The van der Waals surface area contributed by atoms with Crippen LogP contribution in [0.15, 0.2) is 101 Å². The van der Waals surface area contributed by atoms with Gasteiger partial charge in [0.25, 0.3) is 5.91 Å². The van der Waals surface area contributed by atoms with Crippen molar-refractivity contribution in [3.05, 3.63) is 102 Å². The number of hydrogen-bond acceptors (Lipinski definition) is 5. The van der Waals surface area contributed by atoms with Crippen LogP contribution in [0.4, 0.5) is 0 Å². The zero-order chi connectivity index (χ0) is 24.5. The normalized spacial score (nSPS) is 22.1. The van der Waals surface area contributed by atoms with Crippen molar-refractivity contribution in [2.24, 2.45) is 16.6 Å². The molecule has 0 atom stereocenters. The first kappa shape index (κ1) is 23.3. The number of amides is 1. The lowest BCUT2D eigenvalue weighted by Gasteiger charge is -2.32. The molecule has 1 saturated carbocycles. The summed E-state index contributed by atoms with van der Waals surface area (Å²) in [5, 5.41) is -0.394. The molecule has 7 heteroatoms. The van der Waals surface area contributed by atoms with Gasteiger partial charge in [0.1, 0.15) is 0 Å². The van der Waals surface area contributed by atoms with Gasteiger partial charge in [-0.3, -0.25) is 9.69 Å². The Morgan fingerprint density at radius 1 is 0.800 bits per heavy atom. The summed E-state index contributed by atoms with van der Waals surface area (Å²) in [6.45, 7) is 0.438. The van der Waals surface area contributed by atoms with Crippen LogP contribution in [0.1, 0.15) is 36.8 Å². The van der Waals surface area contributed by atoms with E-state index in [-0.39, 0.29) is 17.8 Å². The molecule has 0 aromatic heterocycles. The van der Waals surface area contributed by atoms with Gasteiger partial charge in [-0.15, -0.1) is 0 Å². The van der Waals surface area contributed by atoms with E-state index in [2.05, 4.69) is 0 Å². The lowest BCUT2D eigenvalue weighted by molar-refractivity contribution is -0.130. The van der Waals surface area contributed by atoms with Gasteiger partial charge in [-0.1, -0.05) is 78.9 Å². The van der Waals surface area contributed by atoms with E-state index < -0.39 is 20.6 Å². The highest BCUT2D eigenvalue weighted by Crippen LogP contribution is 2.41. The SMILES string of the molecule is NC1=NC(c2ccccc2)(c2ccccc2)C(=O)N1CC1CCC(S(=O)(=O)c2ccccc2)CC1. The molecule has 1 aliphatic carbocycles. The maximum absolute atomic E-state index is 14.0. The van der Waals surface area contributed by atoms with Crippen molar-refractivity contribution in [3.8, 4) is 0 Å². The lowest BCUT2D eigenvalue weighted by Crippen LogP contribution is -2.46. The summed E-state index contributed by atoms with van der Waals surface area (Å²) in [4.78, 5) is 20.7. The second kappa shape index (κ2) is 9.30. The van der Waals surface area contributed by atoms with Crippen molar-refractivity contribution >= 4 is 21.7 Å². The van der Waals surface area contributed by atoms with Crippen LogP contribution < -0.4 is 5.73 Å². The first-order chi connectivity index (χ1) is 16.9. The first-order valence-corrected chi connectivity index (χ1v) is 13.5. The second-order valence-electron chi connectivity index (χ2n) is 9.33. The Morgan fingerprint density at radius 3 is 1.80 bits per heavy atom. The Kier molecular flexibility index (Phi) is 6.19. The molecule has 1 heterocycles. The summed E-state index contributed by atoms with van der Waals surface area (Å²) < 4.78 is 26.1. The van der Waals surface area contributed by atoms with Gasteiger partial charge < -0.3 is 5.73 Å². The zero-order valence-corrected chi connectivity index (χ0v) is 20.3. The summed E-state index contributed by atoms with van der Waals surface area (Å²) in [7, 11) is -3.35. The Balaban J connectivity index is 1.34. The average molecular weight is 488 g/mol. The summed E-state index contributed by atoms with van der Waals surface area (Å²) in [6, 6.07) is 27.7. The molecule has 3 aromatic carbocycles. The lowest BCUT2D eigenvalue weighted by atomic mass is 9.82. The first-order valence-electron chi connectivity index (χ1n) is 12.0. The van der Waals surface area contributed by atoms with Gasteiger partial charge in [0.2, 0.25) is 0 Å². The monoisotopic (exact) mass is 487 g/mol. The molecule has 1 amide bonds. The highest BCUT2D eigenvalue weighted by atomic mass is 32.2. The molecule has 0 spiro atoms. The van der Waals surface area contributed by atoms with E-state index in [1.54, 1.807) is 29.2 Å². The number of nitrogens with zero attached hydrogens (tertiary/aromatic N) is 2. The van der Waals surface area contributed by atoms with Crippen LogP contribution in [-0.2, 0) is 20.2 Å². The number of guanidine groups is 1. The van der Waals surface area contributed by atoms with E-state index in [0.29, 0.717) is 24.3 Å². The number of carbonyl (C=O) groups excluding carboxylic acids is 1. The molecule has 0 unspecified atom stereocenters. The highest BCUT2D eigenvalue weighted by Gasteiger charge is 2.51. The number of hydrogen-bond donors (Lipinski definition) is 1. The number of benzene rings is 3. The maximum atomic E-state index is 14.0. The summed E-state index contributed by atoms with van der Waals surface area (Å²) in [5.41, 5.74) is 6.72. The van der Waals surface area contributed by atoms with E-state index in [1.165, 1.54) is 0 Å². The van der Waals surface area contributed by atoms with Crippen LogP contribution >= 0.6 is 0 Å². The van der Waals surface area contributed by atoms with E-state index in [4.69, 9.17) is 10.7 Å². The maximum Gasteiger partial charge on any atom is 0.266 e. The molecule has 6 nitrogen and oxygen atoms in total. The number of rotatable bonds is 6. The van der Waals surface area contributed by atoms with Crippen molar-refractivity contribution in [1.82, 2.24) is 4.90 Å². The minimum Gasteiger partial charge on any atom is -0.369 e. The molecule has 0 radical (unpaired) electrons. The van der Waals surface area contributed by atoms with Gasteiger partial charge >= 0.3 is 0 Å². The Bertz CT molecular complexity index is 1280. The molecule has 2 N–H and O–H groups in total. The zero-order valence-electron chi connectivity index (χ0n) is 19.5. The van der Waals surface area contributed by atoms with Crippen molar-refractivity contribution in [2.45, 2.75) is 41.4 Å². The summed E-state index contributed by atoms with van der Waals surface area (Å²) in [5.74, 6) is 0.213. The minimum atomic E-state index is -3.35. The van der Waals surface area contributed by atoms with Gasteiger partial charge in [-0.05, 0) is 54.9 Å². The molecule has 0 saturated heterocycles. The van der Waals surface area contributed by atoms with Crippen molar-refractivity contribution < 1.29 is 13.2 Å². The summed E-state index contributed by atoms with van der Waals surface area (Å²) >= 11 is 0. The third-order valence-electron chi connectivity index (χ3n) is 7.24. The number of sulfone groups is 1. The fourth-order valence-corrected chi connectivity index (χ4v) is 7.16. The van der Waals surface area contributed by atoms with Crippen LogP contribution in [0.3, 0.4) is 0 Å². The van der Waals surface area contributed by atoms with Crippen LogP contribution in [0.25, 0.3) is 0 Å². The average Bonchev–Trinajstić information content (AvgIpc) is 3.16. The van der Waals surface area contributed by atoms with E-state index in [9.17, 15) is 13.2 Å². The fraction of sp³-hybridized carbons (Fsp3) is 0.286. The van der Waals surface area contributed by atoms with Gasteiger partial charge in [-0.25, -0.2) is 13.4 Å². The highest BCUT2D eigenvalue weighted by molar-refractivity contribution is 7.92. The number of aliphatic imine (C=N–C) groups is 1. The standard InChI is InChI=1S/C28H29N3O3S/c29-27-30-28(22-10-4-1-5-11-22,23-12-6-2-7-13-23)26(32)31(27)20-21-16-18-25(19-17-21)35(33,34)24-14-8-3-9-15-24/h1-15,21,25H,16-20H2,(H2,29,30). The molecule has 35 heavy (non-hydrogen) atoms. The largest absolute Gasteiger partial charge is 0.369 e. The molecule has 0 bridgehead atoms. The molecule has 180 valence electrons. The van der Waals surface area contributed by atoms with E-state index >= 15 is 0 Å². The fourth-order valence-electron chi connectivity index (χ4n) is 5.34. The van der Waals surface area contributed by atoms with Crippen molar-refractivity contribution in [3.63, 3.8) is 0 Å². The van der Waals surface area contributed by atoms with E-state index in [0.717, 1.165) is 24.0 Å². The van der Waals surface area contributed by atoms with Gasteiger partial charge in [0.15, 0.2) is 21.3 Å². The van der Waals surface area contributed by atoms with Crippen LogP contribution in [0.5, 0.6) is 0 Å². The number of carbonyl (C=O) groups is 1. The van der Waals surface area contributed by atoms with Gasteiger partial charge in [0.05, 0.1) is 10.1 Å². The molecular formula is C28H29N3O3S. The third kappa shape index (κ3) is 4.14. The number of nitrogens with two attached hydrogens (primary N) is 1. The molecule has 2 aliphatic rings. The Labute approximate surface area is 206 Å². The van der Waals surface area contributed by atoms with E-state index in [1.807, 2.05) is 66.7 Å². The van der Waals surface area contributed by atoms with Crippen molar-refractivity contribution in [1.29, 1.82) is 0 Å². The third-order valence-corrected chi connectivity index (χ3v) is 9.52. The summed E-state index contributed by atoms with van der Waals surface area (Å²) in [6.07, 6.45) is 2.59. The quantitative estimate of drug-likeness (QED) is 0.566. The molecule has 3 aromatic rings. The smallest absolute Gasteiger partial charge is 0.266 e. The van der Waals surface area contributed by atoms with Gasteiger partial charge in [0, 0.05) is 6.54 Å². The topological polar surface area (TPSA) is 92.8 Å². The van der Waals surface area contributed by atoms with Gasteiger partial charge in [-0.2, -0.15) is 0 Å². The Hall–Kier alpha value is -3.45. The Morgan fingerprint density at radius 2 is 1.29 bits per heavy atom. The molecule has 5 rings (SSSR count). The minimum absolute atomic E-state index is 0.161. The van der Waals surface area contributed by atoms with Crippen LogP contribution in [0.2, 0.25) is 0 Å². The molecule has 1 fully saturated rings. The molecular weight excluding hydrogens is 458 g/mol. The predicted molar refractivity (Wildman–Crippen MR) is 136 cm³/mol. The second-order valence-corrected chi connectivity index (χ2v) is 11.6. The predicted octanol–water partition coefficient (Wildman–Crippen LogP) is 4.12. The van der Waals surface area contributed by atoms with Crippen molar-refractivity contribution in [2.75, 3.05) is 6.54 Å².